The van der Waals surface area contributed by atoms with Crippen LogP contribution < -0.4 is 0 Å². The number of rotatable bonds is 4. The summed E-state index contributed by atoms with van der Waals surface area (Å²) >= 11 is 1.39. The van der Waals surface area contributed by atoms with Crippen LogP contribution in [0.15, 0.2) is 47.6 Å². The zero-order chi connectivity index (χ0) is 19.5. The summed E-state index contributed by atoms with van der Waals surface area (Å²) in [4.78, 5) is 17.5. The van der Waals surface area contributed by atoms with Crippen LogP contribution in [0.4, 0.5) is 0 Å². The Labute approximate surface area is 169 Å². The first-order chi connectivity index (χ1) is 13.4. The predicted octanol–water partition coefficient (Wildman–Crippen LogP) is 5.17. The molecule has 1 saturated carbocycles. The Bertz CT molecular complexity index is 1110. The van der Waals surface area contributed by atoms with Crippen LogP contribution in [0.25, 0.3) is 10.8 Å². The SMILES string of the molecule is CC1(C)[C@@H]2CC[C@@]1(C)c1nc(SCC(=O)c3ccc4ccccc4c3)nnc12. The van der Waals surface area contributed by atoms with Crippen molar-refractivity contribution in [2.24, 2.45) is 5.41 Å². The van der Waals surface area contributed by atoms with Gasteiger partial charge in [-0.15, -0.1) is 5.10 Å². The van der Waals surface area contributed by atoms with Crippen molar-refractivity contribution < 1.29 is 4.79 Å². The first kappa shape index (κ1) is 17.8. The molecule has 2 aliphatic carbocycles. The topological polar surface area (TPSA) is 55.7 Å². The predicted molar refractivity (Wildman–Crippen MR) is 112 cm³/mol. The van der Waals surface area contributed by atoms with Gasteiger partial charge in [-0.3, -0.25) is 4.79 Å². The van der Waals surface area contributed by atoms with E-state index in [1.54, 1.807) is 0 Å². The summed E-state index contributed by atoms with van der Waals surface area (Å²) in [6.45, 7) is 6.95. The van der Waals surface area contributed by atoms with Gasteiger partial charge in [-0.05, 0) is 35.1 Å². The minimum absolute atomic E-state index is 0.0562. The van der Waals surface area contributed by atoms with Crippen molar-refractivity contribution in [3.05, 3.63) is 59.4 Å². The molecule has 0 unspecified atom stereocenters. The molecular formula is C23H23N3OS. The molecule has 0 amide bonds. The Kier molecular flexibility index (Phi) is 3.89. The molecule has 1 fully saturated rings. The van der Waals surface area contributed by atoms with Crippen LogP contribution in [0.5, 0.6) is 0 Å². The average Bonchev–Trinajstić information content (AvgIpc) is 3.04. The van der Waals surface area contributed by atoms with E-state index in [0.717, 1.165) is 34.1 Å². The summed E-state index contributed by atoms with van der Waals surface area (Å²) in [5, 5.41) is 11.7. The summed E-state index contributed by atoms with van der Waals surface area (Å²) < 4.78 is 0. The van der Waals surface area contributed by atoms with E-state index >= 15 is 0 Å². The third kappa shape index (κ3) is 2.45. The number of benzene rings is 2. The standard InChI is InChI=1S/C23H23N3OS/c1-22(2)17-10-11-23(22,3)20-19(17)25-26-21(24-20)28-13-18(27)16-9-8-14-6-4-5-7-15(14)12-16/h4-9,12,17H,10-11,13H2,1-3H3/t17-,23+/m1/s1. The third-order valence-electron chi connectivity index (χ3n) is 7.18. The van der Waals surface area contributed by atoms with Crippen molar-refractivity contribution in [2.75, 3.05) is 5.75 Å². The van der Waals surface area contributed by atoms with Gasteiger partial charge in [0.2, 0.25) is 5.16 Å². The lowest BCUT2D eigenvalue weighted by molar-refractivity contribution is 0.102. The van der Waals surface area contributed by atoms with Gasteiger partial charge in [-0.1, -0.05) is 68.9 Å². The maximum absolute atomic E-state index is 12.7. The van der Waals surface area contributed by atoms with Crippen LogP contribution in [0.3, 0.4) is 0 Å². The van der Waals surface area contributed by atoms with Gasteiger partial charge in [0.1, 0.15) is 0 Å². The molecule has 0 aliphatic heterocycles. The minimum atomic E-state index is 0.0562. The number of nitrogens with zero attached hydrogens (tertiary/aromatic N) is 3. The molecule has 2 atom stereocenters. The normalized spacial score (nSPS) is 24.5. The highest BCUT2D eigenvalue weighted by Gasteiger charge is 2.61. The maximum Gasteiger partial charge on any atom is 0.209 e. The number of Topliss-reactive ketones (excluding diaryl/α,β-unsaturated/α-hetero) is 1. The Morgan fingerprint density at radius 1 is 1.11 bits per heavy atom. The smallest absolute Gasteiger partial charge is 0.209 e. The van der Waals surface area contributed by atoms with E-state index in [1.165, 1.54) is 18.2 Å². The molecular weight excluding hydrogens is 366 g/mol. The first-order valence-corrected chi connectivity index (χ1v) is 10.8. The number of ketones is 1. The molecule has 5 heteroatoms. The Morgan fingerprint density at radius 3 is 2.71 bits per heavy atom. The molecule has 3 aromatic rings. The van der Waals surface area contributed by atoms with Crippen molar-refractivity contribution in [1.29, 1.82) is 0 Å². The summed E-state index contributed by atoms with van der Waals surface area (Å²) in [7, 11) is 0. The molecule has 2 aliphatic rings. The lowest BCUT2D eigenvalue weighted by Crippen LogP contribution is -2.32. The van der Waals surface area contributed by atoms with E-state index in [2.05, 4.69) is 37.0 Å². The lowest BCUT2D eigenvalue weighted by Gasteiger charge is -2.33. The lowest BCUT2D eigenvalue weighted by atomic mass is 9.70. The molecule has 0 radical (unpaired) electrons. The number of carbonyl (C=O) groups is 1. The second kappa shape index (κ2) is 6.11. The Balaban J connectivity index is 1.36. The van der Waals surface area contributed by atoms with Crippen LogP contribution in [0, 0.1) is 5.41 Å². The molecule has 1 heterocycles. The largest absolute Gasteiger partial charge is 0.293 e. The van der Waals surface area contributed by atoms with E-state index < -0.39 is 0 Å². The molecule has 5 rings (SSSR count). The van der Waals surface area contributed by atoms with Gasteiger partial charge < -0.3 is 0 Å². The second-order valence-electron chi connectivity index (χ2n) is 8.75. The highest BCUT2D eigenvalue weighted by Crippen LogP contribution is 2.66. The molecule has 28 heavy (non-hydrogen) atoms. The molecule has 2 bridgehead atoms. The van der Waals surface area contributed by atoms with Crippen molar-refractivity contribution in [2.45, 2.75) is 50.1 Å². The molecule has 4 nitrogen and oxygen atoms in total. The second-order valence-corrected chi connectivity index (χ2v) is 9.69. The van der Waals surface area contributed by atoms with Crippen LogP contribution in [0.2, 0.25) is 0 Å². The quantitative estimate of drug-likeness (QED) is 0.455. The summed E-state index contributed by atoms with van der Waals surface area (Å²) in [5.74, 6) is 0.862. The fourth-order valence-corrected chi connectivity index (χ4v) is 5.68. The van der Waals surface area contributed by atoms with E-state index in [0.29, 0.717) is 16.8 Å². The number of hydrogen-bond donors (Lipinski definition) is 0. The van der Waals surface area contributed by atoms with Crippen LogP contribution >= 0.6 is 11.8 Å². The van der Waals surface area contributed by atoms with Crippen molar-refractivity contribution in [3.63, 3.8) is 0 Å². The van der Waals surface area contributed by atoms with E-state index in [4.69, 9.17) is 4.98 Å². The van der Waals surface area contributed by atoms with E-state index in [9.17, 15) is 4.79 Å². The molecule has 1 aromatic heterocycles. The highest BCUT2D eigenvalue weighted by molar-refractivity contribution is 7.99. The van der Waals surface area contributed by atoms with Crippen molar-refractivity contribution in [3.8, 4) is 0 Å². The highest BCUT2D eigenvalue weighted by atomic mass is 32.2. The van der Waals surface area contributed by atoms with Gasteiger partial charge >= 0.3 is 0 Å². The van der Waals surface area contributed by atoms with Crippen LogP contribution in [-0.2, 0) is 5.41 Å². The van der Waals surface area contributed by atoms with E-state index in [-0.39, 0.29) is 16.6 Å². The summed E-state index contributed by atoms with van der Waals surface area (Å²) in [6, 6.07) is 13.9. The fraction of sp³-hybridized carbons (Fsp3) is 0.391. The molecule has 0 saturated heterocycles. The first-order valence-electron chi connectivity index (χ1n) is 9.80. The number of aromatic nitrogens is 3. The van der Waals surface area contributed by atoms with Gasteiger partial charge in [0.05, 0.1) is 17.1 Å². The van der Waals surface area contributed by atoms with Crippen molar-refractivity contribution >= 4 is 28.3 Å². The molecule has 0 spiro atoms. The minimum Gasteiger partial charge on any atom is -0.293 e. The Morgan fingerprint density at radius 2 is 1.89 bits per heavy atom. The number of hydrogen-bond acceptors (Lipinski definition) is 5. The number of carbonyl (C=O) groups excluding carboxylic acids is 1. The van der Waals surface area contributed by atoms with Gasteiger partial charge in [-0.25, -0.2) is 4.98 Å². The van der Waals surface area contributed by atoms with Gasteiger partial charge in [0, 0.05) is 16.9 Å². The van der Waals surface area contributed by atoms with Crippen LogP contribution in [-0.4, -0.2) is 26.7 Å². The summed E-state index contributed by atoms with van der Waals surface area (Å²) in [5.41, 5.74) is 3.13. The Hall–Kier alpha value is -2.27. The van der Waals surface area contributed by atoms with Gasteiger partial charge in [0.25, 0.3) is 0 Å². The molecule has 142 valence electrons. The zero-order valence-corrected chi connectivity index (χ0v) is 17.2. The number of fused-ring (bicyclic) bond motifs is 6. The van der Waals surface area contributed by atoms with Gasteiger partial charge in [0.15, 0.2) is 5.78 Å². The van der Waals surface area contributed by atoms with E-state index in [1.807, 2.05) is 36.4 Å². The zero-order valence-electron chi connectivity index (χ0n) is 16.4. The number of thioether (sulfide) groups is 1. The molecule has 0 N–H and O–H groups in total. The monoisotopic (exact) mass is 389 g/mol. The third-order valence-corrected chi connectivity index (χ3v) is 8.01. The van der Waals surface area contributed by atoms with Gasteiger partial charge in [-0.2, -0.15) is 5.10 Å². The maximum atomic E-state index is 12.7. The summed E-state index contributed by atoms with van der Waals surface area (Å²) in [6.07, 6.45) is 2.32. The van der Waals surface area contributed by atoms with Crippen molar-refractivity contribution in [1.82, 2.24) is 15.2 Å². The fourth-order valence-electron chi connectivity index (χ4n) is 5.00. The average molecular weight is 390 g/mol. The molecule has 2 aromatic carbocycles. The van der Waals surface area contributed by atoms with Crippen LogP contribution in [0.1, 0.15) is 61.3 Å².